The van der Waals surface area contributed by atoms with Crippen LogP contribution in [0.3, 0.4) is 0 Å². The van der Waals surface area contributed by atoms with E-state index in [0.29, 0.717) is 16.8 Å². The Kier molecular flexibility index (Phi) is 4.41. The zero-order valence-corrected chi connectivity index (χ0v) is 15.0. The van der Waals surface area contributed by atoms with Gasteiger partial charge in [-0.1, -0.05) is 53.7 Å². The number of aromatic nitrogens is 2. The van der Waals surface area contributed by atoms with Crippen LogP contribution in [0.1, 0.15) is 38.1 Å². The van der Waals surface area contributed by atoms with E-state index in [0.717, 1.165) is 10.9 Å². The summed E-state index contributed by atoms with van der Waals surface area (Å²) >= 11 is 0. The summed E-state index contributed by atoms with van der Waals surface area (Å²) in [5.74, 6) is -1.25. The van der Waals surface area contributed by atoms with Crippen molar-refractivity contribution < 1.29 is 18.8 Å². The number of carbonyl (C=O) groups is 2. The molecular weight excluding hydrogens is 358 g/mol. The first-order chi connectivity index (χ1) is 13.6. The number of nitrogen functional groups attached to an aromatic ring is 1. The molecule has 0 bridgehead atoms. The number of nitrogens with two attached hydrogens (primary N) is 1. The topological polar surface area (TPSA) is 111 Å². The molecule has 140 valence electrons. The van der Waals surface area contributed by atoms with Gasteiger partial charge in [-0.3, -0.25) is 4.79 Å². The van der Waals surface area contributed by atoms with Crippen molar-refractivity contribution in [3.63, 3.8) is 0 Å². The van der Waals surface area contributed by atoms with Gasteiger partial charge in [0, 0.05) is 28.2 Å². The van der Waals surface area contributed by atoms with Gasteiger partial charge in [-0.15, -0.1) is 0 Å². The molecule has 3 N–H and O–H groups in total. The van der Waals surface area contributed by atoms with Crippen molar-refractivity contribution >= 4 is 28.5 Å². The molecule has 7 heteroatoms. The smallest absolute Gasteiger partial charge is 0.346 e. The lowest BCUT2D eigenvalue weighted by Gasteiger charge is -2.17. The fourth-order valence-corrected chi connectivity index (χ4v) is 3.12. The molecule has 4 aromatic rings. The van der Waals surface area contributed by atoms with Crippen LogP contribution in [-0.4, -0.2) is 21.9 Å². The van der Waals surface area contributed by atoms with E-state index in [4.69, 9.17) is 15.0 Å². The monoisotopic (exact) mass is 375 g/mol. The van der Waals surface area contributed by atoms with Crippen LogP contribution in [-0.2, 0) is 4.74 Å². The summed E-state index contributed by atoms with van der Waals surface area (Å²) in [5.41, 5.74) is 7.82. The number of esters is 1. The molecule has 2 heterocycles. The molecule has 0 saturated carbocycles. The standard InChI is InChI=1S/C21H17N3O4/c1-12-17(20(22)28-24-12)21(26)27-19(13-7-3-2-4-8-13)18(25)15-11-23-16-10-6-5-9-14(15)16/h2-11,19,23H,22H2,1H3. The zero-order chi connectivity index (χ0) is 19.7. The maximum Gasteiger partial charge on any atom is 0.346 e. The minimum absolute atomic E-state index is 0.0210. The Balaban J connectivity index is 1.74. The van der Waals surface area contributed by atoms with Gasteiger partial charge in [0.15, 0.2) is 6.10 Å². The van der Waals surface area contributed by atoms with E-state index < -0.39 is 12.1 Å². The molecule has 0 radical (unpaired) electrons. The van der Waals surface area contributed by atoms with Crippen molar-refractivity contribution in [1.82, 2.24) is 10.1 Å². The van der Waals surface area contributed by atoms with Crippen molar-refractivity contribution in [1.29, 1.82) is 0 Å². The number of fused-ring (bicyclic) bond motifs is 1. The average Bonchev–Trinajstić information content (AvgIpc) is 3.29. The van der Waals surface area contributed by atoms with Crippen LogP contribution in [0, 0.1) is 6.92 Å². The summed E-state index contributed by atoms with van der Waals surface area (Å²) in [4.78, 5) is 29.1. The number of hydrogen-bond acceptors (Lipinski definition) is 6. The SMILES string of the molecule is Cc1noc(N)c1C(=O)OC(C(=O)c1c[nH]c2ccccc12)c1ccccc1. The van der Waals surface area contributed by atoms with Crippen LogP contribution in [0.25, 0.3) is 10.9 Å². The number of aryl methyl sites for hydroxylation is 1. The number of anilines is 1. The van der Waals surface area contributed by atoms with Crippen LogP contribution in [0.2, 0.25) is 0 Å². The highest BCUT2D eigenvalue weighted by Crippen LogP contribution is 2.29. The highest BCUT2D eigenvalue weighted by atomic mass is 16.5. The molecule has 1 atom stereocenters. The van der Waals surface area contributed by atoms with E-state index in [-0.39, 0.29) is 17.2 Å². The van der Waals surface area contributed by atoms with Crippen molar-refractivity contribution in [2.75, 3.05) is 5.73 Å². The van der Waals surface area contributed by atoms with Gasteiger partial charge in [-0.05, 0) is 13.0 Å². The Labute approximate surface area is 160 Å². The number of nitrogens with one attached hydrogen (secondary N) is 1. The van der Waals surface area contributed by atoms with Crippen LogP contribution in [0.15, 0.2) is 65.3 Å². The third-order valence-corrected chi connectivity index (χ3v) is 4.51. The second-order valence-corrected chi connectivity index (χ2v) is 6.32. The Morgan fingerprint density at radius 2 is 1.82 bits per heavy atom. The van der Waals surface area contributed by atoms with Gasteiger partial charge in [-0.2, -0.15) is 0 Å². The molecule has 28 heavy (non-hydrogen) atoms. The van der Waals surface area contributed by atoms with Gasteiger partial charge in [-0.25, -0.2) is 4.79 Å². The Hall–Kier alpha value is -3.87. The number of H-pyrrole nitrogens is 1. The Bertz CT molecular complexity index is 1140. The molecule has 0 fully saturated rings. The van der Waals surface area contributed by atoms with Crippen LogP contribution >= 0.6 is 0 Å². The fourth-order valence-electron chi connectivity index (χ4n) is 3.12. The summed E-state index contributed by atoms with van der Waals surface area (Å²) < 4.78 is 10.4. The van der Waals surface area contributed by atoms with Crippen LogP contribution in [0.4, 0.5) is 5.88 Å². The Morgan fingerprint density at radius 1 is 1.11 bits per heavy atom. The zero-order valence-electron chi connectivity index (χ0n) is 15.0. The van der Waals surface area contributed by atoms with E-state index in [9.17, 15) is 9.59 Å². The first-order valence-electron chi connectivity index (χ1n) is 8.64. The van der Waals surface area contributed by atoms with Crippen molar-refractivity contribution in [2.24, 2.45) is 0 Å². The maximum atomic E-state index is 13.3. The van der Waals surface area contributed by atoms with Gasteiger partial charge in [0.1, 0.15) is 5.56 Å². The van der Waals surface area contributed by atoms with Gasteiger partial charge >= 0.3 is 5.97 Å². The first kappa shape index (κ1) is 17.5. The fraction of sp³-hybridized carbons (Fsp3) is 0.0952. The maximum absolute atomic E-state index is 13.3. The number of benzene rings is 2. The Morgan fingerprint density at radius 3 is 2.54 bits per heavy atom. The van der Waals surface area contributed by atoms with E-state index in [1.54, 1.807) is 37.4 Å². The molecule has 7 nitrogen and oxygen atoms in total. The van der Waals surface area contributed by atoms with Crippen molar-refractivity contribution in [3.05, 3.63) is 83.2 Å². The summed E-state index contributed by atoms with van der Waals surface area (Å²) in [6.07, 6.45) is 0.483. The van der Waals surface area contributed by atoms with E-state index in [1.165, 1.54) is 0 Å². The van der Waals surface area contributed by atoms with Gasteiger partial charge in [0.25, 0.3) is 0 Å². The molecule has 0 aliphatic heterocycles. The normalized spacial score (nSPS) is 12.0. The third kappa shape index (κ3) is 3.03. The van der Waals surface area contributed by atoms with E-state index in [1.807, 2.05) is 30.3 Å². The number of hydrogen-bond donors (Lipinski definition) is 2. The second kappa shape index (κ2) is 7.03. The first-order valence-corrected chi connectivity index (χ1v) is 8.64. The number of ketones is 1. The number of para-hydroxylation sites is 1. The number of Topliss-reactive ketones (excluding diaryl/α,β-unsaturated/α-hetero) is 1. The molecule has 4 rings (SSSR count). The third-order valence-electron chi connectivity index (χ3n) is 4.51. The van der Waals surface area contributed by atoms with Crippen molar-refractivity contribution in [3.8, 4) is 0 Å². The number of carbonyl (C=O) groups excluding carboxylic acids is 2. The highest BCUT2D eigenvalue weighted by Gasteiger charge is 2.30. The lowest BCUT2D eigenvalue weighted by Crippen LogP contribution is -2.21. The lowest BCUT2D eigenvalue weighted by atomic mass is 9.99. The predicted octanol–water partition coefficient (Wildman–Crippen LogP) is 3.83. The molecule has 0 saturated heterocycles. The van der Waals surface area contributed by atoms with Gasteiger partial charge < -0.3 is 20.0 Å². The summed E-state index contributed by atoms with van der Waals surface area (Å²) in [6.45, 7) is 1.58. The molecule has 0 aliphatic carbocycles. The summed E-state index contributed by atoms with van der Waals surface area (Å²) in [7, 11) is 0. The van der Waals surface area contributed by atoms with E-state index in [2.05, 4.69) is 10.1 Å². The van der Waals surface area contributed by atoms with Crippen molar-refractivity contribution in [2.45, 2.75) is 13.0 Å². The molecule has 0 spiro atoms. The molecule has 1 unspecified atom stereocenters. The largest absolute Gasteiger partial charge is 0.445 e. The van der Waals surface area contributed by atoms with Gasteiger partial charge in [0.05, 0.1) is 5.69 Å². The van der Waals surface area contributed by atoms with Crippen LogP contribution < -0.4 is 5.73 Å². The predicted molar refractivity (Wildman–Crippen MR) is 103 cm³/mol. The van der Waals surface area contributed by atoms with Crippen LogP contribution in [0.5, 0.6) is 0 Å². The quantitative estimate of drug-likeness (QED) is 0.405. The van der Waals surface area contributed by atoms with Gasteiger partial charge in [0.2, 0.25) is 11.7 Å². The molecular formula is C21H17N3O4. The highest BCUT2D eigenvalue weighted by molar-refractivity contribution is 6.11. The summed E-state index contributed by atoms with van der Waals surface area (Å²) in [6, 6.07) is 16.3. The summed E-state index contributed by atoms with van der Waals surface area (Å²) in [5, 5.41) is 4.42. The number of rotatable bonds is 5. The number of ether oxygens (including phenoxy) is 1. The minimum atomic E-state index is -1.14. The minimum Gasteiger partial charge on any atom is -0.445 e. The molecule has 0 aliphatic rings. The average molecular weight is 375 g/mol. The second-order valence-electron chi connectivity index (χ2n) is 6.32. The molecule has 2 aromatic carbocycles. The lowest BCUT2D eigenvalue weighted by molar-refractivity contribution is 0.0280. The molecule has 0 amide bonds. The van der Waals surface area contributed by atoms with E-state index >= 15 is 0 Å². The molecule has 2 aromatic heterocycles. The number of nitrogens with zero attached hydrogens (tertiary/aromatic N) is 1. The number of aromatic amines is 1.